The van der Waals surface area contributed by atoms with Gasteiger partial charge in [-0.05, 0) is 36.4 Å². The maximum atomic E-state index is 12.0. The molecule has 0 atom stereocenters. The van der Waals surface area contributed by atoms with Crippen LogP contribution in [-0.4, -0.2) is 45.9 Å². The number of tetrazole rings is 1. The number of hydrogen-bond donors (Lipinski definition) is 1. The SMILES string of the molecule is CCOc1ccc(OCCNC(=O)Cn2nnc(-c3ccccc3)n2)cc1. The molecule has 0 aliphatic heterocycles. The molecule has 0 fully saturated rings. The van der Waals surface area contributed by atoms with Crippen molar-refractivity contribution in [3.8, 4) is 22.9 Å². The molecule has 0 saturated carbocycles. The topological polar surface area (TPSA) is 91.2 Å². The molecule has 0 bridgehead atoms. The fourth-order valence-electron chi connectivity index (χ4n) is 2.36. The Morgan fingerprint density at radius 1 is 1.04 bits per heavy atom. The molecule has 1 aromatic heterocycles. The van der Waals surface area contributed by atoms with E-state index in [0.717, 1.165) is 17.1 Å². The van der Waals surface area contributed by atoms with Gasteiger partial charge in [0.05, 0.1) is 13.2 Å². The molecule has 2 aromatic carbocycles. The summed E-state index contributed by atoms with van der Waals surface area (Å²) in [7, 11) is 0. The van der Waals surface area contributed by atoms with E-state index in [-0.39, 0.29) is 12.5 Å². The number of hydrogen-bond acceptors (Lipinski definition) is 6. The van der Waals surface area contributed by atoms with E-state index in [2.05, 4.69) is 20.7 Å². The molecule has 1 N–H and O–H groups in total. The Morgan fingerprint density at radius 2 is 1.74 bits per heavy atom. The molecule has 0 saturated heterocycles. The van der Waals surface area contributed by atoms with E-state index < -0.39 is 0 Å². The van der Waals surface area contributed by atoms with E-state index in [1.54, 1.807) is 0 Å². The van der Waals surface area contributed by atoms with Crippen LogP contribution in [0.1, 0.15) is 6.92 Å². The summed E-state index contributed by atoms with van der Waals surface area (Å²) in [6.45, 7) is 3.30. The van der Waals surface area contributed by atoms with Crippen molar-refractivity contribution in [2.24, 2.45) is 0 Å². The Labute approximate surface area is 157 Å². The van der Waals surface area contributed by atoms with Gasteiger partial charge in [-0.15, -0.1) is 10.2 Å². The van der Waals surface area contributed by atoms with E-state index in [1.165, 1.54) is 4.80 Å². The van der Waals surface area contributed by atoms with Crippen LogP contribution in [0.25, 0.3) is 11.4 Å². The fraction of sp³-hybridized carbons (Fsp3) is 0.263. The lowest BCUT2D eigenvalue weighted by atomic mass is 10.2. The molecule has 0 unspecified atom stereocenters. The molecule has 1 amide bonds. The number of nitrogens with one attached hydrogen (secondary N) is 1. The van der Waals surface area contributed by atoms with Gasteiger partial charge >= 0.3 is 0 Å². The smallest absolute Gasteiger partial charge is 0.243 e. The van der Waals surface area contributed by atoms with E-state index in [1.807, 2.05) is 61.5 Å². The summed E-state index contributed by atoms with van der Waals surface area (Å²) in [5.74, 6) is 1.80. The van der Waals surface area contributed by atoms with Crippen molar-refractivity contribution in [2.75, 3.05) is 19.8 Å². The van der Waals surface area contributed by atoms with Crippen LogP contribution in [0.15, 0.2) is 54.6 Å². The lowest BCUT2D eigenvalue weighted by Gasteiger charge is -2.08. The van der Waals surface area contributed by atoms with Crippen LogP contribution in [0, 0.1) is 0 Å². The second-order valence-electron chi connectivity index (χ2n) is 5.61. The predicted octanol–water partition coefficient (Wildman–Crippen LogP) is 1.93. The second kappa shape index (κ2) is 9.33. The summed E-state index contributed by atoms with van der Waals surface area (Å²) >= 11 is 0. The molecule has 1 heterocycles. The molecule has 0 radical (unpaired) electrons. The van der Waals surface area contributed by atoms with Gasteiger partial charge in [0.2, 0.25) is 11.7 Å². The third-order valence-corrected chi connectivity index (χ3v) is 3.60. The van der Waals surface area contributed by atoms with Crippen LogP contribution < -0.4 is 14.8 Å². The number of amides is 1. The molecule has 0 spiro atoms. The minimum absolute atomic E-state index is 0.00286. The van der Waals surface area contributed by atoms with Gasteiger partial charge in [0.25, 0.3) is 0 Å². The highest BCUT2D eigenvalue weighted by atomic mass is 16.5. The van der Waals surface area contributed by atoms with E-state index >= 15 is 0 Å². The van der Waals surface area contributed by atoms with Crippen molar-refractivity contribution in [1.29, 1.82) is 0 Å². The zero-order valence-electron chi connectivity index (χ0n) is 15.0. The third kappa shape index (κ3) is 5.53. The van der Waals surface area contributed by atoms with Crippen LogP contribution in [0.4, 0.5) is 0 Å². The highest BCUT2D eigenvalue weighted by Gasteiger charge is 2.08. The number of carbonyl (C=O) groups is 1. The first-order valence-electron chi connectivity index (χ1n) is 8.70. The Balaban J connectivity index is 1.39. The third-order valence-electron chi connectivity index (χ3n) is 3.60. The molecule has 140 valence electrons. The summed E-state index contributed by atoms with van der Waals surface area (Å²) < 4.78 is 11.0. The van der Waals surface area contributed by atoms with Crippen LogP contribution in [0.3, 0.4) is 0 Å². The van der Waals surface area contributed by atoms with E-state index in [0.29, 0.717) is 25.6 Å². The molecule has 27 heavy (non-hydrogen) atoms. The monoisotopic (exact) mass is 367 g/mol. The largest absolute Gasteiger partial charge is 0.494 e. The van der Waals surface area contributed by atoms with Gasteiger partial charge in [0.1, 0.15) is 24.7 Å². The number of carbonyl (C=O) groups excluding carboxylic acids is 1. The number of benzene rings is 2. The fourth-order valence-corrected chi connectivity index (χ4v) is 2.36. The molecule has 3 rings (SSSR count). The first-order chi connectivity index (χ1) is 13.2. The van der Waals surface area contributed by atoms with Gasteiger partial charge in [-0.1, -0.05) is 30.3 Å². The minimum Gasteiger partial charge on any atom is -0.494 e. The normalized spacial score (nSPS) is 10.4. The number of ether oxygens (including phenoxy) is 2. The van der Waals surface area contributed by atoms with Gasteiger partial charge < -0.3 is 14.8 Å². The van der Waals surface area contributed by atoms with Crippen molar-refractivity contribution in [3.63, 3.8) is 0 Å². The Bertz CT molecular complexity index is 849. The van der Waals surface area contributed by atoms with Crippen LogP contribution in [-0.2, 0) is 11.3 Å². The van der Waals surface area contributed by atoms with Gasteiger partial charge in [-0.3, -0.25) is 4.79 Å². The van der Waals surface area contributed by atoms with Crippen molar-refractivity contribution in [3.05, 3.63) is 54.6 Å². The Kier molecular flexibility index (Phi) is 6.35. The molecule has 8 heteroatoms. The van der Waals surface area contributed by atoms with Crippen LogP contribution in [0.5, 0.6) is 11.5 Å². The summed E-state index contributed by atoms with van der Waals surface area (Å²) in [6, 6.07) is 16.8. The molecule has 0 aliphatic carbocycles. The van der Waals surface area contributed by atoms with Crippen LogP contribution >= 0.6 is 0 Å². The van der Waals surface area contributed by atoms with Gasteiger partial charge in [-0.25, -0.2) is 0 Å². The summed E-state index contributed by atoms with van der Waals surface area (Å²) in [5, 5.41) is 14.8. The predicted molar refractivity (Wildman–Crippen MR) is 99.4 cm³/mol. The Hall–Kier alpha value is -3.42. The van der Waals surface area contributed by atoms with Crippen molar-refractivity contribution in [1.82, 2.24) is 25.5 Å². The summed E-state index contributed by atoms with van der Waals surface area (Å²) in [6.07, 6.45) is 0. The summed E-state index contributed by atoms with van der Waals surface area (Å²) in [5.41, 5.74) is 0.855. The number of aromatic nitrogens is 4. The zero-order chi connectivity index (χ0) is 18.9. The molecular weight excluding hydrogens is 346 g/mol. The average molecular weight is 367 g/mol. The molecular formula is C19H21N5O3. The maximum absolute atomic E-state index is 12.0. The van der Waals surface area contributed by atoms with Crippen LogP contribution in [0.2, 0.25) is 0 Å². The lowest BCUT2D eigenvalue weighted by Crippen LogP contribution is -2.31. The van der Waals surface area contributed by atoms with Gasteiger partial charge in [-0.2, -0.15) is 4.80 Å². The quantitative estimate of drug-likeness (QED) is 0.581. The molecule has 3 aromatic rings. The number of rotatable bonds is 9. The Morgan fingerprint density at radius 3 is 2.44 bits per heavy atom. The maximum Gasteiger partial charge on any atom is 0.243 e. The zero-order valence-corrected chi connectivity index (χ0v) is 15.0. The summed E-state index contributed by atoms with van der Waals surface area (Å²) in [4.78, 5) is 13.2. The highest BCUT2D eigenvalue weighted by molar-refractivity contribution is 5.75. The van der Waals surface area contributed by atoms with Crippen molar-refractivity contribution in [2.45, 2.75) is 13.5 Å². The molecule has 8 nitrogen and oxygen atoms in total. The minimum atomic E-state index is -0.206. The van der Waals surface area contributed by atoms with E-state index in [9.17, 15) is 4.79 Å². The second-order valence-corrected chi connectivity index (χ2v) is 5.61. The molecule has 0 aliphatic rings. The van der Waals surface area contributed by atoms with Crippen molar-refractivity contribution < 1.29 is 14.3 Å². The van der Waals surface area contributed by atoms with E-state index in [4.69, 9.17) is 9.47 Å². The highest BCUT2D eigenvalue weighted by Crippen LogP contribution is 2.17. The lowest BCUT2D eigenvalue weighted by molar-refractivity contribution is -0.122. The number of nitrogens with zero attached hydrogens (tertiary/aromatic N) is 4. The van der Waals surface area contributed by atoms with Gasteiger partial charge in [0, 0.05) is 5.56 Å². The first-order valence-corrected chi connectivity index (χ1v) is 8.70. The first kappa shape index (κ1) is 18.4. The average Bonchev–Trinajstić information content (AvgIpc) is 3.16. The van der Waals surface area contributed by atoms with Crippen molar-refractivity contribution >= 4 is 5.91 Å². The van der Waals surface area contributed by atoms with Gasteiger partial charge in [0.15, 0.2) is 0 Å². The standard InChI is InChI=1S/C19H21N5O3/c1-2-26-16-8-10-17(11-9-16)27-13-12-20-18(25)14-24-22-19(21-23-24)15-6-4-3-5-7-15/h3-11H,2,12-14H2,1H3,(H,20,25).